The smallest absolute Gasteiger partial charge is 0.237 e. The van der Waals surface area contributed by atoms with Crippen molar-refractivity contribution in [2.24, 2.45) is 5.41 Å². The Kier molecular flexibility index (Phi) is 2.74. The van der Waals surface area contributed by atoms with Gasteiger partial charge < -0.3 is 15.7 Å². The molecule has 0 aromatic rings. The van der Waals surface area contributed by atoms with Crippen molar-refractivity contribution in [1.82, 2.24) is 10.6 Å². The van der Waals surface area contributed by atoms with E-state index in [1.807, 2.05) is 0 Å². The molecule has 0 spiro atoms. The molecular weight excluding hydrogens is 180 g/mol. The average Bonchev–Trinajstić information content (AvgIpc) is 2.78. The molecule has 1 atom stereocenters. The highest BCUT2D eigenvalue weighted by Crippen LogP contribution is 2.44. The molecule has 80 valence electrons. The fourth-order valence-electron chi connectivity index (χ4n) is 1.87. The summed E-state index contributed by atoms with van der Waals surface area (Å²) in [5.41, 5.74) is 0.0221. The van der Waals surface area contributed by atoms with Gasteiger partial charge in [-0.2, -0.15) is 0 Å². The van der Waals surface area contributed by atoms with Gasteiger partial charge in [-0.25, -0.2) is 0 Å². The summed E-state index contributed by atoms with van der Waals surface area (Å²) >= 11 is 0. The van der Waals surface area contributed by atoms with Gasteiger partial charge in [0, 0.05) is 12.0 Å². The molecule has 3 N–H and O–H groups in total. The Morgan fingerprint density at radius 3 is 2.86 bits per heavy atom. The predicted octanol–water partition coefficient (Wildman–Crippen LogP) is -0.373. The molecule has 0 radical (unpaired) electrons. The van der Waals surface area contributed by atoms with Crippen molar-refractivity contribution in [3.8, 4) is 0 Å². The van der Waals surface area contributed by atoms with Gasteiger partial charge in [0.15, 0.2) is 0 Å². The van der Waals surface area contributed by atoms with Crippen LogP contribution in [0.2, 0.25) is 0 Å². The highest BCUT2D eigenvalue weighted by atomic mass is 16.3. The molecule has 14 heavy (non-hydrogen) atoms. The molecular formula is C10H18N2O2. The van der Waals surface area contributed by atoms with E-state index in [4.69, 9.17) is 5.11 Å². The maximum Gasteiger partial charge on any atom is 0.237 e. The fourth-order valence-corrected chi connectivity index (χ4v) is 1.87. The van der Waals surface area contributed by atoms with E-state index < -0.39 is 0 Å². The van der Waals surface area contributed by atoms with Gasteiger partial charge in [-0.1, -0.05) is 0 Å². The first-order chi connectivity index (χ1) is 6.76. The highest BCUT2D eigenvalue weighted by molar-refractivity contribution is 5.82. The SMILES string of the molecule is O=C(NCC1(CO)CC1)[C@H]1CCCN1. The summed E-state index contributed by atoms with van der Waals surface area (Å²) in [5, 5.41) is 15.1. The van der Waals surface area contributed by atoms with Crippen molar-refractivity contribution < 1.29 is 9.90 Å². The van der Waals surface area contributed by atoms with Gasteiger partial charge in [-0.05, 0) is 32.2 Å². The van der Waals surface area contributed by atoms with E-state index in [-0.39, 0.29) is 24.0 Å². The molecule has 1 aliphatic carbocycles. The van der Waals surface area contributed by atoms with E-state index in [1.54, 1.807) is 0 Å². The van der Waals surface area contributed by atoms with Gasteiger partial charge in [0.25, 0.3) is 0 Å². The minimum Gasteiger partial charge on any atom is -0.396 e. The third-order valence-electron chi connectivity index (χ3n) is 3.31. The Balaban J connectivity index is 1.72. The molecule has 1 amide bonds. The van der Waals surface area contributed by atoms with Crippen LogP contribution in [0.5, 0.6) is 0 Å². The zero-order chi connectivity index (χ0) is 10.0. The van der Waals surface area contributed by atoms with Crippen molar-refractivity contribution >= 4 is 5.91 Å². The van der Waals surface area contributed by atoms with Gasteiger partial charge in [-0.3, -0.25) is 4.79 Å². The number of nitrogens with one attached hydrogen (secondary N) is 2. The minimum atomic E-state index is 0.00416. The zero-order valence-electron chi connectivity index (χ0n) is 8.38. The maximum atomic E-state index is 11.6. The number of aliphatic hydroxyl groups is 1. The van der Waals surface area contributed by atoms with Crippen LogP contribution in [0, 0.1) is 5.41 Å². The summed E-state index contributed by atoms with van der Waals surface area (Å²) in [6, 6.07) is 0.00416. The number of amides is 1. The predicted molar refractivity (Wildman–Crippen MR) is 52.8 cm³/mol. The number of hydrogen-bond acceptors (Lipinski definition) is 3. The Hall–Kier alpha value is -0.610. The first-order valence-corrected chi connectivity index (χ1v) is 5.38. The highest BCUT2D eigenvalue weighted by Gasteiger charge is 2.42. The number of aliphatic hydroxyl groups excluding tert-OH is 1. The lowest BCUT2D eigenvalue weighted by Gasteiger charge is -2.15. The third kappa shape index (κ3) is 2.07. The van der Waals surface area contributed by atoms with Gasteiger partial charge in [0.05, 0.1) is 12.6 Å². The molecule has 0 aromatic heterocycles. The molecule has 4 nitrogen and oxygen atoms in total. The van der Waals surface area contributed by atoms with Gasteiger partial charge in [0.2, 0.25) is 5.91 Å². The van der Waals surface area contributed by atoms with Crippen LogP contribution in [0.25, 0.3) is 0 Å². The van der Waals surface area contributed by atoms with Gasteiger partial charge in [-0.15, -0.1) is 0 Å². The van der Waals surface area contributed by atoms with Crippen molar-refractivity contribution in [1.29, 1.82) is 0 Å². The topological polar surface area (TPSA) is 61.4 Å². The molecule has 1 heterocycles. The van der Waals surface area contributed by atoms with Crippen LogP contribution in [-0.4, -0.2) is 36.8 Å². The average molecular weight is 198 g/mol. The lowest BCUT2D eigenvalue weighted by atomic mass is 10.1. The molecule has 1 saturated heterocycles. The van der Waals surface area contributed by atoms with E-state index >= 15 is 0 Å². The summed E-state index contributed by atoms with van der Waals surface area (Å²) in [6.07, 6.45) is 4.12. The van der Waals surface area contributed by atoms with Crippen molar-refractivity contribution in [3.63, 3.8) is 0 Å². The lowest BCUT2D eigenvalue weighted by Crippen LogP contribution is -2.43. The lowest BCUT2D eigenvalue weighted by molar-refractivity contribution is -0.123. The van der Waals surface area contributed by atoms with Crippen LogP contribution >= 0.6 is 0 Å². The first-order valence-electron chi connectivity index (χ1n) is 5.38. The number of hydrogen-bond donors (Lipinski definition) is 3. The van der Waals surface area contributed by atoms with Crippen LogP contribution in [-0.2, 0) is 4.79 Å². The minimum absolute atomic E-state index is 0.00416. The monoisotopic (exact) mass is 198 g/mol. The Morgan fingerprint density at radius 1 is 1.57 bits per heavy atom. The van der Waals surface area contributed by atoms with Crippen LogP contribution in [0.4, 0.5) is 0 Å². The Labute approximate surface area is 84.1 Å². The quantitative estimate of drug-likeness (QED) is 0.577. The Bertz CT molecular complexity index is 220. The summed E-state index contributed by atoms with van der Waals surface area (Å²) in [7, 11) is 0. The van der Waals surface area contributed by atoms with Crippen LogP contribution in [0.1, 0.15) is 25.7 Å². The second-order valence-electron chi connectivity index (χ2n) is 4.52. The first kappa shape index (κ1) is 9.93. The van der Waals surface area contributed by atoms with E-state index in [0.29, 0.717) is 6.54 Å². The summed E-state index contributed by atoms with van der Waals surface area (Å²) < 4.78 is 0. The summed E-state index contributed by atoms with van der Waals surface area (Å²) in [5.74, 6) is 0.0993. The van der Waals surface area contributed by atoms with E-state index in [9.17, 15) is 4.79 Å². The zero-order valence-corrected chi connectivity index (χ0v) is 8.38. The number of carbonyl (C=O) groups excluding carboxylic acids is 1. The second kappa shape index (κ2) is 3.87. The second-order valence-corrected chi connectivity index (χ2v) is 4.52. The Morgan fingerprint density at radius 2 is 2.36 bits per heavy atom. The molecule has 0 unspecified atom stereocenters. The largest absolute Gasteiger partial charge is 0.396 e. The number of rotatable bonds is 4. The summed E-state index contributed by atoms with van der Waals surface area (Å²) in [6.45, 7) is 1.79. The third-order valence-corrected chi connectivity index (χ3v) is 3.31. The molecule has 2 aliphatic rings. The molecule has 4 heteroatoms. The van der Waals surface area contributed by atoms with Gasteiger partial charge >= 0.3 is 0 Å². The van der Waals surface area contributed by atoms with Crippen LogP contribution < -0.4 is 10.6 Å². The molecule has 0 aromatic carbocycles. The van der Waals surface area contributed by atoms with Crippen LogP contribution in [0.15, 0.2) is 0 Å². The summed E-state index contributed by atoms with van der Waals surface area (Å²) in [4.78, 5) is 11.6. The van der Waals surface area contributed by atoms with Crippen molar-refractivity contribution in [3.05, 3.63) is 0 Å². The van der Waals surface area contributed by atoms with E-state index in [1.165, 1.54) is 0 Å². The molecule has 1 saturated carbocycles. The van der Waals surface area contributed by atoms with Crippen molar-refractivity contribution in [2.75, 3.05) is 19.7 Å². The van der Waals surface area contributed by atoms with Crippen molar-refractivity contribution in [2.45, 2.75) is 31.7 Å². The molecule has 0 bridgehead atoms. The molecule has 2 rings (SSSR count). The van der Waals surface area contributed by atoms with E-state index in [0.717, 1.165) is 32.2 Å². The fraction of sp³-hybridized carbons (Fsp3) is 0.900. The van der Waals surface area contributed by atoms with Gasteiger partial charge in [0.1, 0.15) is 0 Å². The van der Waals surface area contributed by atoms with E-state index in [2.05, 4.69) is 10.6 Å². The molecule has 2 fully saturated rings. The molecule has 1 aliphatic heterocycles. The normalized spacial score (nSPS) is 28.8. The van der Waals surface area contributed by atoms with Crippen LogP contribution in [0.3, 0.4) is 0 Å². The standard InChI is InChI=1S/C10H18N2O2/c13-7-10(3-4-10)6-12-9(14)8-2-1-5-11-8/h8,11,13H,1-7H2,(H,12,14)/t8-/m1/s1. The maximum absolute atomic E-state index is 11.6. The number of carbonyl (C=O) groups is 1.